The van der Waals surface area contributed by atoms with Crippen LogP contribution in [0.4, 0.5) is 10.8 Å². The van der Waals surface area contributed by atoms with Crippen molar-refractivity contribution < 1.29 is 9.53 Å². The topological polar surface area (TPSA) is 105 Å². The van der Waals surface area contributed by atoms with Crippen LogP contribution in [0.2, 0.25) is 5.02 Å². The number of benzene rings is 2. The Labute approximate surface area is 181 Å². The lowest BCUT2D eigenvalue weighted by molar-refractivity contribution is -0.123. The van der Waals surface area contributed by atoms with E-state index in [4.69, 9.17) is 16.3 Å². The zero-order valence-corrected chi connectivity index (χ0v) is 17.8. The van der Waals surface area contributed by atoms with Crippen molar-refractivity contribution in [2.45, 2.75) is 19.9 Å². The average molecular weight is 443 g/mol. The standard InChI is InChI=1S/C20H19ClN6O2S/c1-11(2)23-17(28)10-29-13-5-3-4-12(8-13)19-25-20(30-27-19)24-16-7-6-15-14(18(16)21)9-22-26-15/h3-9,11H,10H2,1-2H3,(H,22,26)(H,23,28)(H,24,25,27). The van der Waals surface area contributed by atoms with Crippen LogP contribution in [-0.4, -0.2) is 38.1 Å². The molecule has 0 unspecified atom stereocenters. The molecule has 1 amide bonds. The van der Waals surface area contributed by atoms with E-state index in [-0.39, 0.29) is 18.6 Å². The summed E-state index contributed by atoms with van der Waals surface area (Å²) in [4.78, 5) is 16.3. The number of halogens is 1. The summed E-state index contributed by atoms with van der Waals surface area (Å²) in [7, 11) is 0. The van der Waals surface area contributed by atoms with Crippen molar-refractivity contribution in [1.29, 1.82) is 0 Å². The van der Waals surface area contributed by atoms with Gasteiger partial charge in [-0.2, -0.15) is 14.5 Å². The highest BCUT2D eigenvalue weighted by Crippen LogP contribution is 2.33. The van der Waals surface area contributed by atoms with Gasteiger partial charge in [-0.15, -0.1) is 0 Å². The van der Waals surface area contributed by atoms with Crippen molar-refractivity contribution >= 4 is 50.8 Å². The van der Waals surface area contributed by atoms with Gasteiger partial charge in [0, 0.05) is 28.5 Å². The van der Waals surface area contributed by atoms with Gasteiger partial charge in [0.25, 0.3) is 5.91 Å². The predicted molar refractivity (Wildman–Crippen MR) is 119 cm³/mol. The van der Waals surface area contributed by atoms with Crippen molar-refractivity contribution in [3.05, 3.63) is 47.6 Å². The Morgan fingerprint density at radius 3 is 3.00 bits per heavy atom. The summed E-state index contributed by atoms with van der Waals surface area (Å²) in [5.41, 5.74) is 2.38. The second kappa shape index (κ2) is 8.68. The number of amides is 1. The van der Waals surface area contributed by atoms with Crippen LogP contribution in [0, 0.1) is 0 Å². The number of aromatic nitrogens is 4. The molecule has 8 nitrogen and oxygen atoms in total. The minimum absolute atomic E-state index is 0.0477. The van der Waals surface area contributed by atoms with E-state index in [0.29, 0.717) is 21.7 Å². The van der Waals surface area contributed by atoms with Gasteiger partial charge in [0.05, 0.1) is 22.4 Å². The van der Waals surface area contributed by atoms with Gasteiger partial charge >= 0.3 is 0 Å². The van der Waals surface area contributed by atoms with E-state index < -0.39 is 0 Å². The molecule has 0 saturated carbocycles. The number of carbonyl (C=O) groups excluding carboxylic acids is 1. The summed E-state index contributed by atoms with van der Waals surface area (Å²) >= 11 is 7.68. The van der Waals surface area contributed by atoms with Crippen LogP contribution >= 0.6 is 23.1 Å². The number of fused-ring (bicyclic) bond motifs is 1. The normalized spacial score (nSPS) is 11.1. The van der Waals surface area contributed by atoms with Gasteiger partial charge in [-0.1, -0.05) is 23.7 Å². The van der Waals surface area contributed by atoms with Crippen LogP contribution in [0.3, 0.4) is 0 Å². The maximum atomic E-state index is 11.8. The van der Waals surface area contributed by atoms with Crippen LogP contribution < -0.4 is 15.4 Å². The maximum Gasteiger partial charge on any atom is 0.258 e. The fourth-order valence-corrected chi connectivity index (χ4v) is 3.69. The van der Waals surface area contributed by atoms with Gasteiger partial charge in [0.15, 0.2) is 12.4 Å². The van der Waals surface area contributed by atoms with E-state index >= 15 is 0 Å². The average Bonchev–Trinajstić information content (AvgIpc) is 3.38. The lowest BCUT2D eigenvalue weighted by Gasteiger charge is -2.10. The number of aromatic amines is 1. The van der Waals surface area contributed by atoms with Crippen molar-refractivity contribution in [1.82, 2.24) is 24.9 Å². The minimum atomic E-state index is -0.167. The Bertz CT molecular complexity index is 1190. The molecular formula is C20H19ClN6O2S. The Morgan fingerprint density at radius 1 is 1.30 bits per heavy atom. The third-order valence-corrected chi connectivity index (χ3v) is 5.18. The minimum Gasteiger partial charge on any atom is -0.484 e. The number of H-pyrrole nitrogens is 1. The number of hydrogen-bond donors (Lipinski definition) is 3. The van der Waals surface area contributed by atoms with Crippen LogP contribution in [0.25, 0.3) is 22.3 Å². The highest BCUT2D eigenvalue weighted by Gasteiger charge is 2.12. The van der Waals surface area contributed by atoms with Crippen LogP contribution in [0.1, 0.15) is 13.8 Å². The Hall–Kier alpha value is -3.17. The quantitative estimate of drug-likeness (QED) is 0.392. The first kappa shape index (κ1) is 20.1. The highest BCUT2D eigenvalue weighted by atomic mass is 35.5. The summed E-state index contributed by atoms with van der Waals surface area (Å²) in [6, 6.07) is 11.1. The lowest BCUT2D eigenvalue weighted by Crippen LogP contribution is -2.34. The first-order valence-corrected chi connectivity index (χ1v) is 10.4. The van der Waals surface area contributed by atoms with E-state index in [9.17, 15) is 4.79 Å². The molecule has 0 spiro atoms. The van der Waals surface area contributed by atoms with Crippen LogP contribution in [0.15, 0.2) is 42.6 Å². The molecule has 2 aromatic heterocycles. The third kappa shape index (κ3) is 4.52. The molecule has 0 aliphatic heterocycles. The molecule has 4 rings (SSSR count). The van der Waals surface area contributed by atoms with Gasteiger partial charge < -0.3 is 15.4 Å². The largest absolute Gasteiger partial charge is 0.484 e. The van der Waals surface area contributed by atoms with E-state index in [1.54, 1.807) is 18.3 Å². The smallest absolute Gasteiger partial charge is 0.258 e. The number of carbonyl (C=O) groups is 1. The molecule has 154 valence electrons. The van der Waals surface area contributed by atoms with Gasteiger partial charge in [-0.05, 0) is 38.1 Å². The summed E-state index contributed by atoms with van der Waals surface area (Å²) < 4.78 is 9.99. The molecule has 0 saturated heterocycles. The molecular weight excluding hydrogens is 424 g/mol. The lowest BCUT2D eigenvalue weighted by atomic mass is 10.2. The molecule has 0 aliphatic carbocycles. The summed E-state index contributed by atoms with van der Waals surface area (Å²) in [6.07, 6.45) is 1.68. The van der Waals surface area contributed by atoms with Gasteiger partial charge in [0.2, 0.25) is 5.13 Å². The Kier molecular flexibility index (Phi) is 5.82. The molecule has 2 heterocycles. The van der Waals surface area contributed by atoms with Gasteiger partial charge in [-0.25, -0.2) is 0 Å². The van der Waals surface area contributed by atoms with E-state index in [2.05, 4.69) is 30.2 Å². The number of hydrogen-bond acceptors (Lipinski definition) is 7. The second-order valence-electron chi connectivity index (χ2n) is 6.85. The molecule has 0 atom stereocenters. The van der Waals surface area contributed by atoms with Crippen molar-refractivity contribution in [3.8, 4) is 17.1 Å². The third-order valence-electron chi connectivity index (χ3n) is 4.14. The molecule has 10 heteroatoms. The number of nitrogens with one attached hydrogen (secondary N) is 3. The molecule has 0 bridgehead atoms. The van der Waals surface area contributed by atoms with E-state index in [1.807, 2.05) is 38.1 Å². The number of rotatable bonds is 7. The first-order valence-electron chi connectivity index (χ1n) is 9.24. The van der Waals surface area contributed by atoms with Crippen LogP contribution in [-0.2, 0) is 4.79 Å². The van der Waals surface area contributed by atoms with E-state index in [1.165, 1.54) is 11.5 Å². The second-order valence-corrected chi connectivity index (χ2v) is 7.98. The molecule has 0 radical (unpaired) electrons. The van der Waals surface area contributed by atoms with Crippen molar-refractivity contribution in [3.63, 3.8) is 0 Å². The summed E-state index contributed by atoms with van der Waals surface area (Å²) in [5.74, 6) is 0.962. The monoisotopic (exact) mass is 442 g/mol. The number of ether oxygens (including phenoxy) is 1. The summed E-state index contributed by atoms with van der Waals surface area (Å²) in [6.45, 7) is 3.75. The molecule has 3 N–H and O–H groups in total. The van der Waals surface area contributed by atoms with Crippen LogP contribution in [0.5, 0.6) is 5.75 Å². The maximum absolute atomic E-state index is 11.8. The SMILES string of the molecule is CC(C)NC(=O)COc1cccc(-c2nsc(Nc3ccc4[nH]ncc4c3Cl)n2)c1. The molecule has 4 aromatic rings. The first-order chi connectivity index (χ1) is 14.5. The Balaban J connectivity index is 1.47. The zero-order valence-electron chi connectivity index (χ0n) is 16.3. The fraction of sp³-hybridized carbons (Fsp3) is 0.200. The van der Waals surface area contributed by atoms with Gasteiger partial charge in [0.1, 0.15) is 5.75 Å². The molecule has 0 aliphatic rings. The fourth-order valence-electron chi connectivity index (χ4n) is 2.82. The molecule has 2 aromatic carbocycles. The highest BCUT2D eigenvalue weighted by molar-refractivity contribution is 7.10. The van der Waals surface area contributed by atoms with Crippen molar-refractivity contribution in [2.75, 3.05) is 11.9 Å². The van der Waals surface area contributed by atoms with Gasteiger partial charge in [-0.3, -0.25) is 9.89 Å². The van der Waals surface area contributed by atoms with E-state index in [0.717, 1.165) is 22.2 Å². The van der Waals surface area contributed by atoms with Crippen molar-refractivity contribution in [2.24, 2.45) is 0 Å². The summed E-state index contributed by atoms with van der Waals surface area (Å²) in [5, 5.41) is 14.9. The predicted octanol–water partition coefficient (Wildman–Crippen LogP) is 4.38. The number of anilines is 2. The molecule has 0 fully saturated rings. The molecule has 30 heavy (non-hydrogen) atoms. The number of nitrogens with zero attached hydrogens (tertiary/aromatic N) is 3. The zero-order chi connectivity index (χ0) is 21.1. The Morgan fingerprint density at radius 2 is 2.17 bits per heavy atom.